The van der Waals surface area contributed by atoms with Gasteiger partial charge in [-0.25, -0.2) is 18.4 Å². The number of benzene rings is 2. The minimum atomic E-state index is -3.29. The molecule has 0 aliphatic heterocycles. The third-order valence-electron chi connectivity index (χ3n) is 3.95. The quantitative estimate of drug-likeness (QED) is 0.465. The Hall–Kier alpha value is -2.82. The summed E-state index contributed by atoms with van der Waals surface area (Å²) in [6, 6.07) is 14.4. The summed E-state index contributed by atoms with van der Waals surface area (Å²) in [4.78, 5) is 21.4. The summed E-state index contributed by atoms with van der Waals surface area (Å²) in [5, 5.41) is 8.93. The fraction of sp³-hybridized carbons (Fsp3) is 0.105. The number of nitrogens with zero attached hydrogens (tertiary/aromatic N) is 2. The molecule has 0 radical (unpaired) electrons. The van der Waals surface area contributed by atoms with Crippen molar-refractivity contribution in [3.63, 3.8) is 0 Å². The maximum absolute atomic E-state index is 12.4. The Labute approximate surface area is 175 Å². The van der Waals surface area contributed by atoms with Crippen LogP contribution in [-0.4, -0.2) is 30.5 Å². The molecule has 2 heterocycles. The molecular formula is C19H16N4O3S3. The number of hydrogen-bond acceptors (Lipinski definition) is 8. The SMILES string of the molecule is CS(=O)(=O)c1ccc2nc(NC(=O)Cc3csc(Nc4ccccc4)n3)sc2c1. The number of para-hydroxylation sites is 1. The van der Waals surface area contributed by atoms with E-state index in [-0.39, 0.29) is 17.2 Å². The van der Waals surface area contributed by atoms with Gasteiger partial charge in [-0.15, -0.1) is 11.3 Å². The van der Waals surface area contributed by atoms with Crippen LogP contribution < -0.4 is 10.6 Å². The van der Waals surface area contributed by atoms with Gasteiger partial charge in [-0.3, -0.25) is 4.79 Å². The van der Waals surface area contributed by atoms with E-state index >= 15 is 0 Å². The van der Waals surface area contributed by atoms with Gasteiger partial charge in [0.05, 0.1) is 27.2 Å². The van der Waals surface area contributed by atoms with Gasteiger partial charge in [-0.2, -0.15) is 0 Å². The molecule has 2 N–H and O–H groups in total. The van der Waals surface area contributed by atoms with Crippen molar-refractivity contribution >= 4 is 64.6 Å². The van der Waals surface area contributed by atoms with Crippen molar-refractivity contribution in [1.29, 1.82) is 0 Å². The van der Waals surface area contributed by atoms with Gasteiger partial charge >= 0.3 is 0 Å². The normalized spacial score (nSPS) is 11.5. The third-order valence-corrected chi connectivity index (χ3v) is 6.80. The largest absolute Gasteiger partial charge is 0.332 e. The second-order valence-corrected chi connectivity index (χ2v) is 10.2. The van der Waals surface area contributed by atoms with Crippen LogP contribution in [0.15, 0.2) is 58.8 Å². The fourth-order valence-electron chi connectivity index (χ4n) is 2.61. The minimum absolute atomic E-state index is 0.123. The van der Waals surface area contributed by atoms with E-state index in [9.17, 15) is 13.2 Å². The topological polar surface area (TPSA) is 101 Å². The number of carbonyl (C=O) groups is 1. The first-order chi connectivity index (χ1) is 13.9. The highest BCUT2D eigenvalue weighted by atomic mass is 32.2. The van der Waals surface area contributed by atoms with Crippen LogP contribution in [0, 0.1) is 0 Å². The van der Waals surface area contributed by atoms with Crippen LogP contribution in [0.2, 0.25) is 0 Å². The first kappa shape index (κ1) is 19.5. The van der Waals surface area contributed by atoms with Crippen LogP contribution in [0.5, 0.6) is 0 Å². The molecule has 148 valence electrons. The number of fused-ring (bicyclic) bond motifs is 1. The molecule has 1 amide bonds. The Bertz CT molecular complexity index is 1280. The second kappa shape index (κ2) is 7.90. The van der Waals surface area contributed by atoms with E-state index in [0.29, 0.717) is 26.2 Å². The molecule has 0 saturated carbocycles. The Morgan fingerprint density at radius 3 is 2.62 bits per heavy atom. The van der Waals surface area contributed by atoms with Crippen LogP contribution in [0.1, 0.15) is 5.69 Å². The van der Waals surface area contributed by atoms with Crippen LogP contribution >= 0.6 is 22.7 Å². The summed E-state index contributed by atoms with van der Waals surface area (Å²) in [6.45, 7) is 0. The van der Waals surface area contributed by atoms with Crippen LogP contribution in [0.4, 0.5) is 16.0 Å². The van der Waals surface area contributed by atoms with Gasteiger partial charge in [0.2, 0.25) is 5.91 Å². The minimum Gasteiger partial charge on any atom is -0.332 e. The number of amides is 1. The molecule has 2 aromatic heterocycles. The van der Waals surface area contributed by atoms with Crippen LogP contribution in [0.3, 0.4) is 0 Å². The third kappa shape index (κ3) is 4.78. The monoisotopic (exact) mass is 444 g/mol. The predicted octanol–water partition coefficient (Wildman–Crippen LogP) is 4.08. The average molecular weight is 445 g/mol. The van der Waals surface area contributed by atoms with Crippen molar-refractivity contribution in [1.82, 2.24) is 9.97 Å². The Kier molecular flexibility index (Phi) is 5.31. The van der Waals surface area contributed by atoms with Gasteiger partial charge in [-0.1, -0.05) is 29.5 Å². The molecule has 10 heteroatoms. The number of anilines is 3. The Morgan fingerprint density at radius 1 is 1.07 bits per heavy atom. The summed E-state index contributed by atoms with van der Waals surface area (Å²) in [5.41, 5.74) is 2.23. The van der Waals surface area contributed by atoms with E-state index in [1.807, 2.05) is 35.7 Å². The van der Waals surface area contributed by atoms with Gasteiger partial charge in [0.15, 0.2) is 20.1 Å². The molecule has 0 unspecified atom stereocenters. The van der Waals surface area contributed by atoms with Crippen molar-refractivity contribution in [2.24, 2.45) is 0 Å². The van der Waals surface area contributed by atoms with Crippen LogP contribution in [0.25, 0.3) is 10.2 Å². The van der Waals surface area contributed by atoms with Crippen molar-refractivity contribution < 1.29 is 13.2 Å². The number of sulfone groups is 1. The highest BCUT2D eigenvalue weighted by Crippen LogP contribution is 2.28. The number of carbonyl (C=O) groups excluding carboxylic acids is 1. The average Bonchev–Trinajstić information content (AvgIpc) is 3.27. The molecule has 4 aromatic rings. The summed E-state index contributed by atoms with van der Waals surface area (Å²) in [7, 11) is -3.29. The van der Waals surface area contributed by atoms with E-state index in [0.717, 1.165) is 11.9 Å². The van der Waals surface area contributed by atoms with E-state index < -0.39 is 9.84 Å². The highest BCUT2D eigenvalue weighted by Gasteiger charge is 2.13. The lowest BCUT2D eigenvalue weighted by Gasteiger charge is -2.01. The summed E-state index contributed by atoms with van der Waals surface area (Å²) < 4.78 is 24.1. The number of aromatic nitrogens is 2. The van der Waals surface area contributed by atoms with Gasteiger partial charge in [-0.05, 0) is 30.3 Å². The zero-order chi connectivity index (χ0) is 20.4. The van der Waals surface area contributed by atoms with Crippen molar-refractivity contribution in [3.05, 3.63) is 59.6 Å². The van der Waals surface area contributed by atoms with E-state index in [2.05, 4.69) is 20.6 Å². The first-order valence-electron chi connectivity index (χ1n) is 8.54. The first-order valence-corrected chi connectivity index (χ1v) is 12.1. The molecule has 0 aliphatic rings. The predicted molar refractivity (Wildman–Crippen MR) is 117 cm³/mol. The number of nitrogens with one attached hydrogen (secondary N) is 2. The maximum Gasteiger partial charge on any atom is 0.232 e. The molecule has 0 spiro atoms. The molecule has 0 atom stereocenters. The Balaban J connectivity index is 1.42. The molecule has 0 saturated heterocycles. The lowest BCUT2D eigenvalue weighted by Crippen LogP contribution is -2.14. The lowest BCUT2D eigenvalue weighted by molar-refractivity contribution is -0.115. The molecular weight excluding hydrogens is 428 g/mol. The van der Waals surface area contributed by atoms with Crippen molar-refractivity contribution in [3.8, 4) is 0 Å². The van der Waals surface area contributed by atoms with Crippen molar-refractivity contribution in [2.45, 2.75) is 11.3 Å². The van der Waals surface area contributed by atoms with Gasteiger partial charge in [0.1, 0.15) is 0 Å². The van der Waals surface area contributed by atoms with Gasteiger partial charge in [0, 0.05) is 17.3 Å². The zero-order valence-electron chi connectivity index (χ0n) is 15.2. The summed E-state index contributed by atoms with van der Waals surface area (Å²) >= 11 is 2.66. The molecule has 0 aliphatic carbocycles. The number of rotatable bonds is 6. The molecule has 7 nitrogen and oxygen atoms in total. The van der Waals surface area contributed by atoms with E-state index in [1.165, 1.54) is 28.7 Å². The smallest absolute Gasteiger partial charge is 0.232 e. The standard InChI is InChI=1S/C19H16N4O3S3/c1-29(25,26)14-7-8-15-16(10-14)28-19(22-15)23-17(24)9-13-11-27-18(21-13)20-12-5-3-2-4-6-12/h2-8,10-11H,9H2,1H3,(H,20,21)(H,22,23,24). The fourth-order valence-corrected chi connectivity index (χ4v) is 4.98. The summed E-state index contributed by atoms with van der Waals surface area (Å²) in [5.74, 6) is -0.232. The number of thiazole rings is 2. The zero-order valence-corrected chi connectivity index (χ0v) is 17.7. The maximum atomic E-state index is 12.4. The highest BCUT2D eigenvalue weighted by molar-refractivity contribution is 7.90. The Morgan fingerprint density at radius 2 is 1.86 bits per heavy atom. The van der Waals surface area contributed by atoms with Crippen LogP contribution in [-0.2, 0) is 21.1 Å². The second-order valence-electron chi connectivity index (χ2n) is 6.28. The van der Waals surface area contributed by atoms with Crippen molar-refractivity contribution in [2.75, 3.05) is 16.9 Å². The van der Waals surface area contributed by atoms with Gasteiger partial charge < -0.3 is 10.6 Å². The van der Waals surface area contributed by atoms with Gasteiger partial charge in [0.25, 0.3) is 0 Å². The molecule has 0 bridgehead atoms. The van der Waals surface area contributed by atoms with E-state index in [1.54, 1.807) is 12.1 Å². The van der Waals surface area contributed by atoms with E-state index in [4.69, 9.17) is 0 Å². The molecule has 0 fully saturated rings. The molecule has 2 aromatic carbocycles. The lowest BCUT2D eigenvalue weighted by atomic mass is 10.3. The molecule has 4 rings (SSSR count). The number of hydrogen-bond donors (Lipinski definition) is 2. The molecule has 29 heavy (non-hydrogen) atoms. The summed E-state index contributed by atoms with van der Waals surface area (Å²) in [6.07, 6.45) is 1.28.